The minimum Gasteiger partial charge on any atom is -0.478 e. The molecular formula is C15H16FNO2. The molecule has 1 aromatic heterocycles. The van der Waals surface area contributed by atoms with Crippen molar-refractivity contribution in [2.45, 2.75) is 26.3 Å². The average Bonchev–Trinajstić information content (AvgIpc) is 2.76. The number of halogens is 1. The summed E-state index contributed by atoms with van der Waals surface area (Å²) in [6.45, 7) is 4.47. The Kier molecular flexibility index (Phi) is 3.69. The SMILES string of the molecule is CC(C)c1c(C(=O)O)ccn1Cc1ccc(F)cc1. The summed E-state index contributed by atoms with van der Waals surface area (Å²) in [5, 5.41) is 9.17. The molecular weight excluding hydrogens is 245 g/mol. The Balaban J connectivity index is 2.35. The minimum atomic E-state index is -0.915. The Morgan fingerprint density at radius 3 is 2.42 bits per heavy atom. The minimum absolute atomic E-state index is 0.113. The molecule has 0 aliphatic rings. The third-order valence-corrected chi connectivity index (χ3v) is 3.05. The highest BCUT2D eigenvalue weighted by Gasteiger charge is 2.17. The van der Waals surface area contributed by atoms with Crippen LogP contribution in [0.15, 0.2) is 36.5 Å². The lowest BCUT2D eigenvalue weighted by molar-refractivity contribution is 0.0695. The number of carboxylic acid groups (broad SMARTS) is 1. The number of nitrogens with zero attached hydrogens (tertiary/aromatic N) is 1. The lowest BCUT2D eigenvalue weighted by Gasteiger charge is -2.13. The second-order valence-electron chi connectivity index (χ2n) is 4.83. The van der Waals surface area contributed by atoms with Gasteiger partial charge in [0.25, 0.3) is 0 Å². The van der Waals surface area contributed by atoms with Crippen LogP contribution in [0.2, 0.25) is 0 Å². The molecule has 19 heavy (non-hydrogen) atoms. The van der Waals surface area contributed by atoms with Crippen molar-refractivity contribution in [3.05, 3.63) is 59.2 Å². The monoisotopic (exact) mass is 261 g/mol. The molecule has 0 atom stereocenters. The summed E-state index contributed by atoms with van der Waals surface area (Å²) in [7, 11) is 0. The summed E-state index contributed by atoms with van der Waals surface area (Å²) in [6.07, 6.45) is 1.77. The predicted molar refractivity (Wildman–Crippen MR) is 71.0 cm³/mol. The van der Waals surface area contributed by atoms with Crippen LogP contribution < -0.4 is 0 Å². The fraction of sp³-hybridized carbons (Fsp3) is 0.267. The lowest BCUT2D eigenvalue weighted by Crippen LogP contribution is -2.09. The topological polar surface area (TPSA) is 42.2 Å². The molecule has 0 unspecified atom stereocenters. The van der Waals surface area contributed by atoms with Gasteiger partial charge in [0.2, 0.25) is 0 Å². The van der Waals surface area contributed by atoms with E-state index in [-0.39, 0.29) is 11.7 Å². The molecule has 0 aliphatic carbocycles. The molecule has 1 heterocycles. The molecule has 2 aromatic rings. The van der Waals surface area contributed by atoms with Gasteiger partial charge in [0.05, 0.1) is 5.56 Å². The Morgan fingerprint density at radius 2 is 1.89 bits per heavy atom. The molecule has 1 N–H and O–H groups in total. The smallest absolute Gasteiger partial charge is 0.337 e. The zero-order valence-electron chi connectivity index (χ0n) is 10.9. The van der Waals surface area contributed by atoms with Crippen LogP contribution in [0, 0.1) is 5.82 Å². The van der Waals surface area contributed by atoms with Crippen molar-refractivity contribution in [2.24, 2.45) is 0 Å². The van der Waals surface area contributed by atoms with Gasteiger partial charge >= 0.3 is 5.97 Å². The molecule has 0 radical (unpaired) electrons. The first-order valence-electron chi connectivity index (χ1n) is 6.16. The van der Waals surface area contributed by atoms with E-state index < -0.39 is 5.97 Å². The van der Waals surface area contributed by atoms with Crippen LogP contribution in [-0.2, 0) is 6.54 Å². The highest BCUT2D eigenvalue weighted by atomic mass is 19.1. The third kappa shape index (κ3) is 2.84. The van der Waals surface area contributed by atoms with Crippen LogP contribution >= 0.6 is 0 Å². The average molecular weight is 261 g/mol. The maximum Gasteiger partial charge on any atom is 0.337 e. The van der Waals surface area contributed by atoms with Crippen molar-refractivity contribution >= 4 is 5.97 Å². The van der Waals surface area contributed by atoms with Crippen LogP contribution in [0.5, 0.6) is 0 Å². The van der Waals surface area contributed by atoms with Gasteiger partial charge in [0.1, 0.15) is 5.82 Å². The fourth-order valence-electron chi connectivity index (χ4n) is 2.23. The van der Waals surface area contributed by atoms with E-state index in [1.807, 2.05) is 18.4 Å². The van der Waals surface area contributed by atoms with Gasteiger partial charge in [-0.2, -0.15) is 0 Å². The van der Waals surface area contributed by atoms with Crippen LogP contribution in [-0.4, -0.2) is 15.6 Å². The van der Waals surface area contributed by atoms with Gasteiger partial charge in [-0.05, 0) is 29.7 Å². The molecule has 4 heteroatoms. The third-order valence-electron chi connectivity index (χ3n) is 3.05. The largest absolute Gasteiger partial charge is 0.478 e. The normalized spacial score (nSPS) is 10.9. The number of carbonyl (C=O) groups is 1. The maximum atomic E-state index is 12.9. The first-order valence-corrected chi connectivity index (χ1v) is 6.16. The fourth-order valence-corrected chi connectivity index (χ4v) is 2.23. The molecule has 0 saturated heterocycles. The quantitative estimate of drug-likeness (QED) is 0.915. The van der Waals surface area contributed by atoms with Gasteiger partial charge in [-0.25, -0.2) is 9.18 Å². The van der Waals surface area contributed by atoms with E-state index in [0.717, 1.165) is 11.3 Å². The second kappa shape index (κ2) is 5.26. The number of rotatable bonds is 4. The van der Waals surface area contributed by atoms with E-state index >= 15 is 0 Å². The van der Waals surface area contributed by atoms with Crippen molar-refractivity contribution in [2.75, 3.05) is 0 Å². The highest BCUT2D eigenvalue weighted by Crippen LogP contribution is 2.22. The molecule has 0 aliphatic heterocycles. The van der Waals surface area contributed by atoms with Crippen molar-refractivity contribution in [1.29, 1.82) is 0 Å². The van der Waals surface area contributed by atoms with Gasteiger partial charge in [0, 0.05) is 18.4 Å². The summed E-state index contributed by atoms with van der Waals surface area (Å²) in [5.41, 5.74) is 2.06. The summed E-state index contributed by atoms with van der Waals surface area (Å²) in [5.74, 6) is -1.07. The van der Waals surface area contributed by atoms with E-state index in [4.69, 9.17) is 5.11 Å². The van der Waals surface area contributed by atoms with Crippen molar-refractivity contribution in [3.63, 3.8) is 0 Å². The van der Waals surface area contributed by atoms with Crippen LogP contribution in [0.3, 0.4) is 0 Å². The molecule has 0 fully saturated rings. The number of hydrogen-bond donors (Lipinski definition) is 1. The van der Waals surface area contributed by atoms with E-state index in [1.54, 1.807) is 24.4 Å². The molecule has 0 spiro atoms. The zero-order valence-corrected chi connectivity index (χ0v) is 10.9. The van der Waals surface area contributed by atoms with E-state index in [2.05, 4.69) is 0 Å². The molecule has 100 valence electrons. The van der Waals surface area contributed by atoms with Crippen molar-refractivity contribution < 1.29 is 14.3 Å². The summed E-state index contributed by atoms with van der Waals surface area (Å²) >= 11 is 0. The summed E-state index contributed by atoms with van der Waals surface area (Å²) in [4.78, 5) is 11.2. The van der Waals surface area contributed by atoms with Gasteiger partial charge in [-0.1, -0.05) is 26.0 Å². The number of benzene rings is 1. The maximum absolute atomic E-state index is 12.9. The number of aromatic nitrogens is 1. The van der Waals surface area contributed by atoms with Crippen LogP contribution in [0.25, 0.3) is 0 Å². The van der Waals surface area contributed by atoms with Gasteiger partial charge in [0.15, 0.2) is 0 Å². The van der Waals surface area contributed by atoms with Crippen molar-refractivity contribution in [3.8, 4) is 0 Å². The van der Waals surface area contributed by atoms with Gasteiger partial charge in [-0.15, -0.1) is 0 Å². The second-order valence-corrected chi connectivity index (χ2v) is 4.83. The molecule has 0 saturated carbocycles. The Bertz CT molecular complexity index is 585. The number of aromatic carboxylic acids is 1. The predicted octanol–water partition coefficient (Wildman–Crippen LogP) is 3.50. The van der Waals surface area contributed by atoms with E-state index in [1.165, 1.54) is 12.1 Å². The van der Waals surface area contributed by atoms with E-state index in [0.29, 0.717) is 12.1 Å². The number of carboxylic acids is 1. The van der Waals surface area contributed by atoms with Gasteiger partial charge < -0.3 is 9.67 Å². The van der Waals surface area contributed by atoms with Gasteiger partial charge in [-0.3, -0.25) is 0 Å². The Labute approximate surface area is 111 Å². The Morgan fingerprint density at radius 1 is 1.26 bits per heavy atom. The van der Waals surface area contributed by atoms with E-state index in [9.17, 15) is 9.18 Å². The first kappa shape index (κ1) is 13.3. The highest BCUT2D eigenvalue weighted by molar-refractivity contribution is 5.89. The standard InChI is InChI=1S/C15H16FNO2/c1-10(2)14-13(15(18)19)7-8-17(14)9-11-3-5-12(16)6-4-11/h3-8,10H,9H2,1-2H3,(H,18,19). The molecule has 3 nitrogen and oxygen atoms in total. The first-order chi connectivity index (χ1) is 8.99. The van der Waals surface area contributed by atoms with Crippen molar-refractivity contribution in [1.82, 2.24) is 4.57 Å². The van der Waals surface area contributed by atoms with Crippen LogP contribution in [0.1, 0.15) is 41.4 Å². The molecule has 2 rings (SSSR count). The molecule has 0 bridgehead atoms. The van der Waals surface area contributed by atoms with Crippen LogP contribution in [0.4, 0.5) is 4.39 Å². The summed E-state index contributed by atoms with van der Waals surface area (Å²) < 4.78 is 14.8. The Hall–Kier alpha value is -2.10. The zero-order chi connectivity index (χ0) is 14.0. The summed E-state index contributed by atoms with van der Waals surface area (Å²) in [6, 6.07) is 7.85. The molecule has 0 amide bonds. The lowest BCUT2D eigenvalue weighted by atomic mass is 10.1. The molecule has 1 aromatic carbocycles. The number of hydrogen-bond acceptors (Lipinski definition) is 1.